The molecule has 166 valence electrons. The Bertz CT molecular complexity index is 922. The first-order valence-corrected chi connectivity index (χ1v) is 11.2. The summed E-state index contributed by atoms with van der Waals surface area (Å²) in [5.74, 6) is -2.43. The Morgan fingerprint density at radius 3 is 2.33 bits per heavy atom. The first kappa shape index (κ1) is 22.3. The van der Waals surface area contributed by atoms with Crippen LogP contribution in [0, 0.1) is 5.82 Å². The Morgan fingerprint density at radius 1 is 1.07 bits per heavy atom. The fourth-order valence-electron chi connectivity index (χ4n) is 3.57. The first-order chi connectivity index (χ1) is 14.0. The topological polar surface area (TPSA) is 86.8 Å². The van der Waals surface area contributed by atoms with Crippen LogP contribution in [0.2, 0.25) is 0 Å². The second-order valence-electron chi connectivity index (χ2n) is 7.31. The Balaban J connectivity index is 1.71. The van der Waals surface area contributed by atoms with E-state index in [9.17, 15) is 35.6 Å². The normalized spacial score (nSPS) is 21.9. The third kappa shape index (κ3) is 5.02. The van der Waals surface area contributed by atoms with Crippen LogP contribution < -0.4 is 5.32 Å². The second-order valence-corrected chi connectivity index (χ2v) is 9.61. The highest BCUT2D eigenvalue weighted by Gasteiger charge is 2.37. The van der Waals surface area contributed by atoms with Gasteiger partial charge in [0, 0.05) is 25.3 Å². The monoisotopic (exact) mass is 451 g/mol. The molecule has 2 heterocycles. The number of likely N-dealkylation sites (tertiary alicyclic amines) is 1. The zero-order valence-corrected chi connectivity index (χ0v) is 16.7. The van der Waals surface area contributed by atoms with Gasteiger partial charge in [0.15, 0.2) is 9.84 Å². The molecule has 0 radical (unpaired) electrons. The van der Waals surface area contributed by atoms with Crippen LogP contribution in [0.4, 0.5) is 28.0 Å². The lowest BCUT2D eigenvalue weighted by Crippen LogP contribution is -2.56. The van der Waals surface area contributed by atoms with Crippen molar-refractivity contribution in [1.29, 1.82) is 0 Å². The highest BCUT2D eigenvalue weighted by molar-refractivity contribution is 7.91. The van der Waals surface area contributed by atoms with Gasteiger partial charge in [-0.15, -0.1) is 0 Å². The Labute approximate surface area is 170 Å². The van der Waals surface area contributed by atoms with Crippen molar-refractivity contribution in [3.05, 3.63) is 29.6 Å². The molecule has 30 heavy (non-hydrogen) atoms. The maximum atomic E-state index is 13.8. The number of nitrogens with one attached hydrogen (secondary N) is 1. The molecule has 1 N–H and O–H groups in total. The van der Waals surface area contributed by atoms with E-state index in [1.54, 1.807) is 0 Å². The molecule has 0 aliphatic carbocycles. The van der Waals surface area contributed by atoms with E-state index >= 15 is 0 Å². The standard InChI is InChI=1S/C18H21F4N3O4S/c19-14-11-12(4-5-13(14)18(20,21)22)23-16(26)15-3-1-2-6-25(15)17(27)24-7-9-30(28,29)10-8-24/h4-5,11,15H,1-3,6-10H2,(H,23,26)/t15-/m0/s1. The number of hydrogen-bond acceptors (Lipinski definition) is 4. The molecule has 0 saturated carbocycles. The van der Waals surface area contributed by atoms with Gasteiger partial charge in [-0.05, 0) is 37.5 Å². The van der Waals surface area contributed by atoms with E-state index in [1.807, 2.05) is 0 Å². The minimum absolute atomic E-state index is 0.0378. The molecular formula is C18H21F4N3O4S. The van der Waals surface area contributed by atoms with Crippen LogP contribution in [-0.2, 0) is 20.8 Å². The lowest BCUT2D eigenvalue weighted by molar-refractivity contribution is -0.140. The summed E-state index contributed by atoms with van der Waals surface area (Å²) < 4.78 is 74.9. The van der Waals surface area contributed by atoms with Crippen LogP contribution >= 0.6 is 0 Å². The van der Waals surface area contributed by atoms with Crippen molar-refractivity contribution in [3.8, 4) is 0 Å². The predicted octanol–water partition coefficient (Wildman–Crippen LogP) is 2.49. The van der Waals surface area contributed by atoms with Crippen LogP contribution in [0.3, 0.4) is 0 Å². The molecule has 2 fully saturated rings. The molecule has 0 bridgehead atoms. The van der Waals surface area contributed by atoms with Crippen molar-refractivity contribution in [2.45, 2.75) is 31.5 Å². The van der Waals surface area contributed by atoms with Gasteiger partial charge in [0.25, 0.3) is 0 Å². The van der Waals surface area contributed by atoms with Crippen molar-refractivity contribution in [2.24, 2.45) is 0 Å². The number of carbonyl (C=O) groups excluding carboxylic acids is 2. The molecule has 12 heteroatoms. The van der Waals surface area contributed by atoms with Gasteiger partial charge in [-0.3, -0.25) is 4.79 Å². The lowest BCUT2D eigenvalue weighted by atomic mass is 10.0. The number of sulfone groups is 1. The molecule has 2 aliphatic heterocycles. The van der Waals surface area contributed by atoms with E-state index in [0.29, 0.717) is 37.9 Å². The number of amides is 3. The summed E-state index contributed by atoms with van der Waals surface area (Å²) >= 11 is 0. The quantitative estimate of drug-likeness (QED) is 0.700. The highest BCUT2D eigenvalue weighted by atomic mass is 32.2. The summed E-state index contributed by atoms with van der Waals surface area (Å²) in [7, 11) is -3.18. The van der Waals surface area contributed by atoms with Gasteiger partial charge < -0.3 is 15.1 Å². The zero-order chi connectivity index (χ0) is 22.1. The molecule has 3 rings (SSSR count). The van der Waals surface area contributed by atoms with Gasteiger partial charge in [-0.2, -0.15) is 13.2 Å². The van der Waals surface area contributed by atoms with Crippen LogP contribution in [0.15, 0.2) is 18.2 Å². The zero-order valence-electron chi connectivity index (χ0n) is 15.9. The van der Waals surface area contributed by atoms with Gasteiger partial charge in [0.05, 0.1) is 17.1 Å². The van der Waals surface area contributed by atoms with Crippen LogP contribution in [0.5, 0.6) is 0 Å². The number of alkyl halides is 3. The smallest absolute Gasteiger partial charge is 0.324 e. The fourth-order valence-corrected chi connectivity index (χ4v) is 4.77. The number of rotatable bonds is 2. The molecular weight excluding hydrogens is 430 g/mol. The van der Waals surface area contributed by atoms with Crippen molar-refractivity contribution in [1.82, 2.24) is 9.80 Å². The second kappa shape index (κ2) is 8.40. The molecule has 1 aromatic carbocycles. The number of piperidine rings is 1. The third-order valence-corrected chi connectivity index (χ3v) is 6.82. The summed E-state index contributed by atoms with van der Waals surface area (Å²) in [5, 5.41) is 2.38. The van der Waals surface area contributed by atoms with Crippen molar-refractivity contribution in [2.75, 3.05) is 36.5 Å². The molecule has 3 amide bonds. The highest BCUT2D eigenvalue weighted by Crippen LogP contribution is 2.32. The number of benzene rings is 1. The Hall–Kier alpha value is -2.37. The maximum Gasteiger partial charge on any atom is 0.419 e. The van der Waals surface area contributed by atoms with Gasteiger partial charge >= 0.3 is 12.2 Å². The fraction of sp³-hybridized carbons (Fsp3) is 0.556. The number of hydrogen-bond donors (Lipinski definition) is 1. The minimum atomic E-state index is -4.85. The van der Waals surface area contributed by atoms with Gasteiger partial charge in [0.2, 0.25) is 5.91 Å². The average molecular weight is 451 g/mol. The summed E-state index contributed by atoms with van der Waals surface area (Å²) in [6.45, 7) is 0.369. The molecule has 0 unspecified atom stereocenters. The third-order valence-electron chi connectivity index (χ3n) is 5.21. The summed E-state index contributed by atoms with van der Waals surface area (Å²) in [6, 6.07) is 0.751. The minimum Gasteiger partial charge on any atom is -0.324 e. The number of urea groups is 1. The molecule has 2 aliphatic rings. The number of nitrogens with zero attached hydrogens (tertiary/aromatic N) is 2. The number of halogens is 4. The lowest BCUT2D eigenvalue weighted by Gasteiger charge is -2.39. The van der Waals surface area contributed by atoms with E-state index < -0.39 is 45.4 Å². The summed E-state index contributed by atoms with van der Waals surface area (Å²) in [4.78, 5) is 28.3. The van der Waals surface area contributed by atoms with Crippen molar-refractivity contribution < 1.29 is 35.6 Å². The van der Waals surface area contributed by atoms with Gasteiger partial charge in [0.1, 0.15) is 11.9 Å². The van der Waals surface area contributed by atoms with Crippen molar-refractivity contribution >= 4 is 27.5 Å². The van der Waals surface area contributed by atoms with E-state index in [0.717, 1.165) is 6.07 Å². The molecule has 0 aromatic heterocycles. The van der Waals surface area contributed by atoms with Gasteiger partial charge in [-0.1, -0.05) is 0 Å². The molecule has 7 nitrogen and oxygen atoms in total. The van der Waals surface area contributed by atoms with E-state index in [1.165, 1.54) is 9.80 Å². The Morgan fingerprint density at radius 2 is 1.73 bits per heavy atom. The van der Waals surface area contributed by atoms with Crippen LogP contribution in [-0.4, -0.2) is 67.3 Å². The molecule has 0 spiro atoms. The number of carbonyl (C=O) groups is 2. The Kier molecular flexibility index (Phi) is 6.25. The van der Waals surface area contributed by atoms with E-state index in [4.69, 9.17) is 0 Å². The SMILES string of the molecule is O=C(Nc1ccc(C(F)(F)F)c(F)c1)[C@@H]1CCCCN1C(=O)N1CCS(=O)(=O)CC1. The predicted molar refractivity (Wildman–Crippen MR) is 100.0 cm³/mol. The largest absolute Gasteiger partial charge is 0.419 e. The van der Waals surface area contributed by atoms with Crippen LogP contribution in [0.1, 0.15) is 24.8 Å². The van der Waals surface area contributed by atoms with Gasteiger partial charge in [-0.25, -0.2) is 17.6 Å². The first-order valence-electron chi connectivity index (χ1n) is 9.41. The molecule has 1 aromatic rings. The summed E-state index contributed by atoms with van der Waals surface area (Å²) in [5.41, 5.74) is -1.58. The molecule has 2 saturated heterocycles. The van der Waals surface area contributed by atoms with E-state index in [-0.39, 0.29) is 30.3 Å². The summed E-state index contributed by atoms with van der Waals surface area (Å²) in [6.07, 6.45) is -3.18. The van der Waals surface area contributed by atoms with Crippen LogP contribution in [0.25, 0.3) is 0 Å². The maximum absolute atomic E-state index is 13.8. The number of anilines is 1. The van der Waals surface area contributed by atoms with Crippen molar-refractivity contribution in [3.63, 3.8) is 0 Å². The average Bonchev–Trinajstić information content (AvgIpc) is 2.66. The molecule has 1 atom stereocenters. The van der Waals surface area contributed by atoms with E-state index in [2.05, 4.69) is 5.32 Å².